The lowest BCUT2D eigenvalue weighted by atomic mass is 9.82. The molecule has 1 aliphatic rings. The van der Waals surface area contributed by atoms with Crippen LogP contribution in [0.2, 0.25) is 0 Å². The van der Waals surface area contributed by atoms with Gasteiger partial charge in [0, 0.05) is 17.3 Å². The number of amides is 1. The van der Waals surface area contributed by atoms with Crippen molar-refractivity contribution in [2.45, 2.75) is 30.2 Å². The molecule has 0 saturated carbocycles. The third kappa shape index (κ3) is 4.24. The van der Waals surface area contributed by atoms with Crippen LogP contribution in [-0.2, 0) is 17.6 Å². The molecular formula is C21H18N4OS2. The zero-order valence-corrected chi connectivity index (χ0v) is 16.7. The number of aryl methyl sites for hydroxylation is 1. The molecule has 140 valence electrons. The SMILES string of the molecule is N#Cc1cc2c(nc1SCC(=O)Nc1nccs1)CCC(c1ccccc1)C2. The van der Waals surface area contributed by atoms with Crippen LogP contribution >= 0.6 is 23.1 Å². The fourth-order valence-electron chi connectivity index (χ4n) is 3.42. The molecule has 5 nitrogen and oxygen atoms in total. The van der Waals surface area contributed by atoms with E-state index in [0.717, 1.165) is 30.5 Å². The molecule has 1 aliphatic carbocycles. The number of pyridine rings is 1. The molecule has 1 unspecified atom stereocenters. The van der Waals surface area contributed by atoms with Crippen LogP contribution in [-0.4, -0.2) is 21.6 Å². The van der Waals surface area contributed by atoms with Crippen molar-refractivity contribution in [1.29, 1.82) is 5.26 Å². The van der Waals surface area contributed by atoms with Crippen molar-refractivity contribution < 1.29 is 4.79 Å². The Morgan fingerprint density at radius 2 is 2.21 bits per heavy atom. The molecule has 4 rings (SSSR count). The van der Waals surface area contributed by atoms with Crippen molar-refractivity contribution in [2.24, 2.45) is 0 Å². The quantitative estimate of drug-likeness (QED) is 0.635. The molecule has 0 saturated heterocycles. The lowest BCUT2D eigenvalue weighted by Crippen LogP contribution is -2.16. The largest absolute Gasteiger partial charge is 0.301 e. The molecule has 0 spiro atoms. The van der Waals surface area contributed by atoms with Crippen molar-refractivity contribution >= 4 is 34.1 Å². The van der Waals surface area contributed by atoms with Crippen LogP contribution in [0.15, 0.2) is 53.0 Å². The van der Waals surface area contributed by atoms with Gasteiger partial charge in [0.1, 0.15) is 11.1 Å². The summed E-state index contributed by atoms with van der Waals surface area (Å²) in [6, 6.07) is 14.7. The van der Waals surface area contributed by atoms with Crippen LogP contribution < -0.4 is 5.32 Å². The molecular weight excluding hydrogens is 388 g/mol. The van der Waals surface area contributed by atoms with Crippen LogP contribution in [0.3, 0.4) is 0 Å². The Kier molecular flexibility index (Phi) is 5.70. The molecule has 1 N–H and O–H groups in total. The minimum Gasteiger partial charge on any atom is -0.301 e. The number of anilines is 1. The summed E-state index contributed by atoms with van der Waals surface area (Å²) in [4.78, 5) is 20.9. The molecule has 1 atom stereocenters. The second-order valence-corrected chi connectivity index (χ2v) is 8.44. The predicted molar refractivity (Wildman–Crippen MR) is 112 cm³/mol. The average molecular weight is 407 g/mol. The first-order chi connectivity index (χ1) is 13.7. The molecule has 2 heterocycles. The number of thioether (sulfide) groups is 1. The van der Waals surface area contributed by atoms with Crippen LogP contribution in [0, 0.1) is 11.3 Å². The van der Waals surface area contributed by atoms with E-state index < -0.39 is 0 Å². The number of hydrogen-bond acceptors (Lipinski definition) is 6. The fourth-order valence-corrected chi connectivity index (χ4v) is 4.74. The maximum absolute atomic E-state index is 12.1. The van der Waals surface area contributed by atoms with Crippen molar-refractivity contribution in [1.82, 2.24) is 9.97 Å². The van der Waals surface area contributed by atoms with Gasteiger partial charge < -0.3 is 5.32 Å². The first kappa shape index (κ1) is 18.7. The second-order valence-electron chi connectivity index (χ2n) is 6.58. The molecule has 2 aromatic heterocycles. The summed E-state index contributed by atoms with van der Waals surface area (Å²) in [6.07, 6.45) is 4.48. The van der Waals surface area contributed by atoms with Gasteiger partial charge in [-0.25, -0.2) is 9.97 Å². The van der Waals surface area contributed by atoms with E-state index >= 15 is 0 Å². The Hall–Kier alpha value is -2.69. The number of hydrogen-bond donors (Lipinski definition) is 1. The maximum atomic E-state index is 12.1. The van der Waals surface area contributed by atoms with Gasteiger partial charge >= 0.3 is 0 Å². The van der Waals surface area contributed by atoms with Gasteiger partial charge in [-0.1, -0.05) is 42.1 Å². The number of nitriles is 1. The molecule has 28 heavy (non-hydrogen) atoms. The summed E-state index contributed by atoms with van der Waals surface area (Å²) >= 11 is 2.68. The summed E-state index contributed by atoms with van der Waals surface area (Å²) in [5.74, 6) is 0.518. The van der Waals surface area contributed by atoms with Gasteiger partial charge in [0.15, 0.2) is 5.13 Å². The Morgan fingerprint density at radius 3 is 2.96 bits per heavy atom. The first-order valence-electron chi connectivity index (χ1n) is 9.03. The van der Waals surface area contributed by atoms with Gasteiger partial charge in [0.2, 0.25) is 5.91 Å². The molecule has 1 amide bonds. The average Bonchev–Trinajstić information content (AvgIpc) is 3.24. The third-order valence-corrected chi connectivity index (χ3v) is 6.44. The fraction of sp³-hybridized carbons (Fsp3) is 0.238. The molecule has 0 aliphatic heterocycles. The van der Waals surface area contributed by atoms with Gasteiger partial charge in [0.05, 0.1) is 11.3 Å². The standard InChI is InChI=1S/C21H18N4OS2/c22-12-17-11-16-10-15(14-4-2-1-3-5-14)6-7-18(16)24-20(17)28-13-19(26)25-21-23-8-9-27-21/h1-5,8-9,11,15H,6-7,10,13H2,(H,23,25,26). The lowest BCUT2D eigenvalue weighted by molar-refractivity contribution is -0.113. The van der Waals surface area contributed by atoms with Crippen molar-refractivity contribution in [3.8, 4) is 6.07 Å². The van der Waals surface area contributed by atoms with E-state index in [4.69, 9.17) is 4.98 Å². The minimum absolute atomic E-state index is 0.146. The minimum atomic E-state index is -0.146. The molecule has 1 aromatic carbocycles. The number of nitrogens with zero attached hydrogens (tertiary/aromatic N) is 3. The highest BCUT2D eigenvalue weighted by Crippen LogP contribution is 2.34. The molecule has 0 radical (unpaired) electrons. The van der Waals surface area contributed by atoms with Gasteiger partial charge in [-0.15, -0.1) is 11.3 Å². The molecule has 7 heteroatoms. The smallest absolute Gasteiger partial charge is 0.236 e. The highest BCUT2D eigenvalue weighted by Gasteiger charge is 2.23. The highest BCUT2D eigenvalue weighted by molar-refractivity contribution is 8.00. The Labute approximate surface area is 171 Å². The number of carbonyl (C=O) groups excluding carboxylic acids is 1. The lowest BCUT2D eigenvalue weighted by Gasteiger charge is -2.25. The number of rotatable bonds is 5. The van der Waals surface area contributed by atoms with Gasteiger partial charge in [-0.3, -0.25) is 4.79 Å². The summed E-state index contributed by atoms with van der Waals surface area (Å²) in [6.45, 7) is 0. The monoisotopic (exact) mass is 406 g/mol. The van der Waals surface area contributed by atoms with Gasteiger partial charge in [0.25, 0.3) is 0 Å². The number of aromatic nitrogens is 2. The summed E-state index contributed by atoms with van der Waals surface area (Å²) in [5, 5.41) is 15.3. The van der Waals surface area contributed by atoms with Crippen LogP contribution in [0.1, 0.15) is 34.7 Å². The number of benzene rings is 1. The zero-order chi connectivity index (χ0) is 19.3. The van der Waals surface area contributed by atoms with Crippen LogP contribution in [0.5, 0.6) is 0 Å². The highest BCUT2D eigenvalue weighted by atomic mass is 32.2. The van der Waals surface area contributed by atoms with E-state index in [1.165, 1.54) is 28.7 Å². The topological polar surface area (TPSA) is 78.7 Å². The van der Waals surface area contributed by atoms with E-state index in [0.29, 0.717) is 21.6 Å². The van der Waals surface area contributed by atoms with E-state index in [9.17, 15) is 10.1 Å². The number of carbonyl (C=O) groups is 1. The zero-order valence-electron chi connectivity index (χ0n) is 15.1. The summed E-state index contributed by atoms with van der Waals surface area (Å²) in [7, 11) is 0. The maximum Gasteiger partial charge on any atom is 0.236 e. The summed E-state index contributed by atoms with van der Waals surface area (Å²) < 4.78 is 0. The van der Waals surface area contributed by atoms with Gasteiger partial charge in [-0.05, 0) is 42.4 Å². The van der Waals surface area contributed by atoms with E-state index in [-0.39, 0.29) is 11.7 Å². The van der Waals surface area contributed by atoms with E-state index in [2.05, 4.69) is 40.6 Å². The van der Waals surface area contributed by atoms with E-state index in [1.807, 2.05) is 17.5 Å². The van der Waals surface area contributed by atoms with E-state index in [1.54, 1.807) is 6.20 Å². The first-order valence-corrected chi connectivity index (χ1v) is 10.9. The van der Waals surface area contributed by atoms with Gasteiger partial charge in [-0.2, -0.15) is 5.26 Å². The Morgan fingerprint density at radius 1 is 1.36 bits per heavy atom. The van der Waals surface area contributed by atoms with Crippen molar-refractivity contribution in [3.63, 3.8) is 0 Å². The predicted octanol–water partition coefficient (Wildman–Crippen LogP) is 4.41. The molecule has 0 bridgehead atoms. The Bertz CT molecular complexity index is 1010. The Balaban J connectivity index is 1.47. The normalized spacial score (nSPS) is 15.5. The second kappa shape index (κ2) is 8.55. The van der Waals surface area contributed by atoms with Crippen LogP contribution in [0.4, 0.5) is 5.13 Å². The number of fused-ring (bicyclic) bond motifs is 1. The van der Waals surface area contributed by atoms with Crippen molar-refractivity contribution in [2.75, 3.05) is 11.1 Å². The molecule has 3 aromatic rings. The van der Waals surface area contributed by atoms with Crippen LogP contribution in [0.25, 0.3) is 0 Å². The molecule has 0 fully saturated rings. The summed E-state index contributed by atoms with van der Waals surface area (Å²) in [5.41, 5.74) is 4.07. The van der Waals surface area contributed by atoms with Crippen molar-refractivity contribution in [3.05, 3.63) is 70.4 Å². The number of nitrogens with one attached hydrogen (secondary N) is 1. The number of thiazole rings is 1. The third-order valence-electron chi connectivity index (χ3n) is 4.76.